The van der Waals surface area contributed by atoms with Crippen molar-refractivity contribution < 1.29 is 9.84 Å². The van der Waals surface area contributed by atoms with Crippen molar-refractivity contribution in [2.24, 2.45) is 11.8 Å². The zero-order valence-electron chi connectivity index (χ0n) is 11.7. The molecule has 2 aliphatic rings. The Morgan fingerprint density at radius 2 is 2.21 bits per heavy atom. The number of nitrogens with zero attached hydrogens (tertiary/aromatic N) is 2. The minimum atomic E-state index is -0.0880. The molecule has 0 amide bonds. The van der Waals surface area contributed by atoms with Crippen LogP contribution in [0.4, 0.5) is 0 Å². The number of aliphatic hydroxyl groups is 1. The van der Waals surface area contributed by atoms with E-state index in [0.717, 1.165) is 43.2 Å². The van der Waals surface area contributed by atoms with E-state index in [9.17, 15) is 5.11 Å². The summed E-state index contributed by atoms with van der Waals surface area (Å²) in [5, 5.41) is 9.95. The molecule has 3 unspecified atom stereocenters. The van der Waals surface area contributed by atoms with Crippen molar-refractivity contribution in [3.8, 4) is 5.75 Å². The summed E-state index contributed by atoms with van der Waals surface area (Å²) in [7, 11) is 1.69. The first-order chi connectivity index (χ1) is 9.15. The fraction of sp³-hybridized carbons (Fsp3) is 0.667. The number of hydrogen-bond acceptors (Lipinski definition) is 4. The fourth-order valence-electron chi connectivity index (χ4n) is 3.59. The van der Waals surface area contributed by atoms with Crippen molar-refractivity contribution in [2.45, 2.75) is 32.4 Å². The normalized spacial score (nSPS) is 30.6. The monoisotopic (exact) mass is 262 g/mol. The summed E-state index contributed by atoms with van der Waals surface area (Å²) in [6, 6.07) is 3.96. The van der Waals surface area contributed by atoms with Gasteiger partial charge in [0.1, 0.15) is 5.75 Å². The lowest BCUT2D eigenvalue weighted by atomic mass is 10.00. The third-order valence-corrected chi connectivity index (χ3v) is 4.50. The predicted octanol–water partition coefficient (Wildman–Crippen LogP) is 1.60. The Morgan fingerprint density at radius 3 is 2.95 bits per heavy atom. The van der Waals surface area contributed by atoms with Gasteiger partial charge in [0.25, 0.3) is 0 Å². The fourth-order valence-corrected chi connectivity index (χ4v) is 3.59. The van der Waals surface area contributed by atoms with Gasteiger partial charge in [0.2, 0.25) is 0 Å². The van der Waals surface area contributed by atoms with E-state index in [1.54, 1.807) is 7.11 Å². The largest absolute Gasteiger partial charge is 0.497 e. The van der Waals surface area contributed by atoms with E-state index in [4.69, 9.17) is 4.74 Å². The summed E-state index contributed by atoms with van der Waals surface area (Å²) >= 11 is 0. The molecule has 3 atom stereocenters. The third-order valence-electron chi connectivity index (χ3n) is 4.50. The van der Waals surface area contributed by atoms with Crippen LogP contribution in [-0.2, 0) is 6.54 Å². The van der Waals surface area contributed by atoms with Crippen LogP contribution in [0, 0.1) is 18.8 Å². The zero-order chi connectivity index (χ0) is 13.4. The van der Waals surface area contributed by atoms with Crippen LogP contribution >= 0.6 is 0 Å². The lowest BCUT2D eigenvalue weighted by molar-refractivity contribution is 0.123. The van der Waals surface area contributed by atoms with Crippen LogP contribution in [-0.4, -0.2) is 41.3 Å². The topological polar surface area (TPSA) is 45.6 Å². The van der Waals surface area contributed by atoms with E-state index in [-0.39, 0.29) is 6.10 Å². The number of rotatable bonds is 3. The maximum atomic E-state index is 9.95. The number of fused-ring (bicyclic) bond motifs is 1. The second-order valence-electron chi connectivity index (χ2n) is 5.90. The van der Waals surface area contributed by atoms with Crippen molar-refractivity contribution in [3.63, 3.8) is 0 Å². The average Bonchev–Trinajstić information content (AvgIpc) is 2.91. The van der Waals surface area contributed by atoms with Crippen molar-refractivity contribution in [2.75, 3.05) is 20.2 Å². The second-order valence-corrected chi connectivity index (χ2v) is 5.90. The lowest BCUT2D eigenvalue weighted by Gasteiger charge is -2.18. The highest BCUT2D eigenvalue weighted by molar-refractivity contribution is 5.26. The van der Waals surface area contributed by atoms with Crippen molar-refractivity contribution in [1.82, 2.24) is 9.88 Å². The van der Waals surface area contributed by atoms with Crippen LogP contribution in [0.1, 0.15) is 24.2 Å². The molecule has 1 aromatic rings. The molecule has 2 fully saturated rings. The van der Waals surface area contributed by atoms with E-state index in [2.05, 4.69) is 9.88 Å². The summed E-state index contributed by atoms with van der Waals surface area (Å²) in [5.74, 6) is 2.04. The Labute approximate surface area is 114 Å². The lowest BCUT2D eigenvalue weighted by Crippen LogP contribution is -2.24. The number of ether oxygens (including phenoxy) is 1. The molecule has 0 bridgehead atoms. The predicted molar refractivity (Wildman–Crippen MR) is 73.0 cm³/mol. The van der Waals surface area contributed by atoms with Crippen LogP contribution in [0.25, 0.3) is 0 Å². The molecule has 1 N–H and O–H groups in total. The molecule has 0 aromatic carbocycles. The highest BCUT2D eigenvalue weighted by Crippen LogP contribution is 2.38. The number of aryl methyl sites for hydroxylation is 1. The highest BCUT2D eigenvalue weighted by atomic mass is 16.5. The van der Waals surface area contributed by atoms with Gasteiger partial charge in [-0.15, -0.1) is 0 Å². The van der Waals surface area contributed by atoms with Gasteiger partial charge in [-0.25, -0.2) is 0 Å². The molecule has 4 heteroatoms. The third kappa shape index (κ3) is 2.60. The molecule has 19 heavy (non-hydrogen) atoms. The molecule has 104 valence electrons. The molecular formula is C15H22N2O2. The van der Waals surface area contributed by atoms with E-state index in [1.165, 1.54) is 6.42 Å². The van der Waals surface area contributed by atoms with E-state index in [0.29, 0.717) is 11.8 Å². The molecule has 1 aliphatic carbocycles. The van der Waals surface area contributed by atoms with Crippen LogP contribution in [0.2, 0.25) is 0 Å². The minimum absolute atomic E-state index is 0.0880. The Balaban J connectivity index is 1.68. The molecule has 3 rings (SSSR count). The molecule has 1 saturated carbocycles. The second kappa shape index (κ2) is 5.10. The van der Waals surface area contributed by atoms with Gasteiger partial charge in [0.15, 0.2) is 0 Å². The number of hydrogen-bond donors (Lipinski definition) is 1. The molecule has 1 saturated heterocycles. The average molecular weight is 262 g/mol. The Morgan fingerprint density at radius 1 is 1.37 bits per heavy atom. The quantitative estimate of drug-likeness (QED) is 0.899. The number of methoxy groups -OCH3 is 1. The Kier molecular flexibility index (Phi) is 3.46. The Hall–Kier alpha value is -1.13. The molecule has 2 heterocycles. The van der Waals surface area contributed by atoms with Crippen molar-refractivity contribution >= 4 is 0 Å². The number of pyridine rings is 1. The number of likely N-dealkylation sites (tertiary alicyclic amines) is 1. The first kappa shape index (κ1) is 12.9. The summed E-state index contributed by atoms with van der Waals surface area (Å²) < 4.78 is 5.29. The van der Waals surface area contributed by atoms with E-state index < -0.39 is 0 Å². The van der Waals surface area contributed by atoms with E-state index in [1.807, 2.05) is 19.1 Å². The number of aliphatic hydroxyl groups excluding tert-OH is 1. The standard InChI is InChI=1S/C15H22N2O2/c1-10-5-13(19-2)6-12(16-10)8-17-7-11-3-4-15(18)14(11)9-17/h5-6,11,14-15,18H,3-4,7-9H2,1-2H3. The van der Waals surface area contributed by atoms with Gasteiger partial charge in [-0.05, 0) is 25.7 Å². The maximum absolute atomic E-state index is 9.95. The molecular weight excluding hydrogens is 240 g/mol. The summed E-state index contributed by atoms with van der Waals surface area (Å²) in [5.41, 5.74) is 2.06. The molecule has 1 aliphatic heterocycles. The van der Waals surface area contributed by atoms with Crippen molar-refractivity contribution in [3.05, 3.63) is 23.5 Å². The van der Waals surface area contributed by atoms with Crippen molar-refractivity contribution in [1.29, 1.82) is 0 Å². The first-order valence-electron chi connectivity index (χ1n) is 7.07. The maximum Gasteiger partial charge on any atom is 0.122 e. The first-order valence-corrected chi connectivity index (χ1v) is 7.07. The highest BCUT2D eigenvalue weighted by Gasteiger charge is 2.41. The summed E-state index contributed by atoms with van der Waals surface area (Å²) in [6.45, 7) is 4.95. The number of aromatic nitrogens is 1. The Bertz CT molecular complexity index is 463. The van der Waals surface area contributed by atoms with Gasteiger partial charge in [-0.1, -0.05) is 0 Å². The van der Waals surface area contributed by atoms with Gasteiger partial charge >= 0.3 is 0 Å². The zero-order valence-corrected chi connectivity index (χ0v) is 11.7. The minimum Gasteiger partial charge on any atom is -0.497 e. The van der Waals surface area contributed by atoms with Crippen LogP contribution in [0.5, 0.6) is 5.75 Å². The van der Waals surface area contributed by atoms with Crippen LogP contribution in [0.3, 0.4) is 0 Å². The van der Waals surface area contributed by atoms with E-state index >= 15 is 0 Å². The molecule has 1 aromatic heterocycles. The smallest absolute Gasteiger partial charge is 0.122 e. The summed E-state index contributed by atoms with van der Waals surface area (Å²) in [6.07, 6.45) is 2.07. The van der Waals surface area contributed by atoms with Gasteiger partial charge < -0.3 is 9.84 Å². The van der Waals surface area contributed by atoms with Gasteiger partial charge in [-0.2, -0.15) is 0 Å². The SMILES string of the molecule is COc1cc(C)nc(CN2CC3CCC(O)C3C2)c1. The van der Waals surface area contributed by atoms with Gasteiger partial charge in [-0.3, -0.25) is 9.88 Å². The molecule has 0 spiro atoms. The molecule has 0 radical (unpaired) electrons. The summed E-state index contributed by atoms with van der Waals surface area (Å²) in [4.78, 5) is 6.99. The van der Waals surface area contributed by atoms with Crippen LogP contribution in [0.15, 0.2) is 12.1 Å². The van der Waals surface area contributed by atoms with Crippen LogP contribution < -0.4 is 4.74 Å². The van der Waals surface area contributed by atoms with Gasteiger partial charge in [0, 0.05) is 43.4 Å². The van der Waals surface area contributed by atoms with Gasteiger partial charge in [0.05, 0.1) is 18.9 Å². The molecule has 4 nitrogen and oxygen atoms in total.